The van der Waals surface area contributed by atoms with Gasteiger partial charge in [0.2, 0.25) is 5.91 Å². The lowest BCUT2D eigenvalue weighted by atomic mass is 10.0. The van der Waals surface area contributed by atoms with Crippen molar-refractivity contribution in [3.63, 3.8) is 0 Å². The number of carbonyl (C=O) groups is 3. The van der Waals surface area contributed by atoms with Crippen molar-refractivity contribution in [2.75, 3.05) is 13.1 Å². The summed E-state index contributed by atoms with van der Waals surface area (Å²) in [5.41, 5.74) is 5.07. The van der Waals surface area contributed by atoms with E-state index in [2.05, 4.69) is 5.32 Å². The third-order valence-corrected chi connectivity index (χ3v) is 2.70. The fraction of sp³-hybridized carbons (Fsp3) is 0.750. The molecular weight excluding hydrogens is 250 g/mol. The van der Waals surface area contributed by atoms with E-state index in [9.17, 15) is 14.4 Å². The predicted octanol–water partition coefficient (Wildman–Crippen LogP) is 0.393. The maximum atomic E-state index is 11.9. The second kappa shape index (κ2) is 8.34. The lowest BCUT2D eigenvalue weighted by Gasteiger charge is -2.26. The van der Waals surface area contributed by atoms with Crippen LogP contribution in [-0.4, -0.2) is 47.0 Å². The summed E-state index contributed by atoms with van der Waals surface area (Å²) in [7, 11) is 0. The Kier molecular flexibility index (Phi) is 7.55. The third kappa shape index (κ3) is 6.64. The number of aliphatic carboxylic acids is 1. The Morgan fingerprint density at radius 1 is 1.32 bits per heavy atom. The van der Waals surface area contributed by atoms with Gasteiger partial charge in [-0.2, -0.15) is 0 Å². The van der Waals surface area contributed by atoms with Gasteiger partial charge in [0.25, 0.3) is 0 Å². The van der Waals surface area contributed by atoms with E-state index < -0.39 is 23.8 Å². The Balaban J connectivity index is 4.46. The zero-order valence-corrected chi connectivity index (χ0v) is 11.7. The summed E-state index contributed by atoms with van der Waals surface area (Å²) >= 11 is 0. The molecule has 1 atom stereocenters. The summed E-state index contributed by atoms with van der Waals surface area (Å²) in [6.07, 6.45) is 1.22. The zero-order chi connectivity index (χ0) is 15.0. The molecule has 0 aliphatic rings. The zero-order valence-electron chi connectivity index (χ0n) is 11.7. The van der Waals surface area contributed by atoms with Crippen LogP contribution in [0, 0.1) is 5.92 Å². The van der Waals surface area contributed by atoms with Crippen molar-refractivity contribution in [1.82, 2.24) is 10.2 Å². The molecule has 0 aliphatic carbocycles. The van der Waals surface area contributed by atoms with Crippen molar-refractivity contribution >= 4 is 17.9 Å². The van der Waals surface area contributed by atoms with Crippen LogP contribution in [0.2, 0.25) is 0 Å². The van der Waals surface area contributed by atoms with Gasteiger partial charge in [0.05, 0.1) is 5.92 Å². The number of nitrogens with two attached hydrogens (primary N) is 1. The molecule has 4 N–H and O–H groups in total. The number of hydrogen-bond donors (Lipinski definition) is 3. The summed E-state index contributed by atoms with van der Waals surface area (Å²) in [5, 5.41) is 11.5. The Labute approximate surface area is 113 Å². The number of carbonyl (C=O) groups excluding carboxylic acids is 2. The Morgan fingerprint density at radius 2 is 1.89 bits per heavy atom. The second-order valence-corrected chi connectivity index (χ2v) is 4.70. The van der Waals surface area contributed by atoms with Crippen molar-refractivity contribution in [2.24, 2.45) is 11.7 Å². The van der Waals surface area contributed by atoms with Gasteiger partial charge in [-0.25, -0.2) is 4.79 Å². The number of urea groups is 1. The molecule has 7 nitrogen and oxygen atoms in total. The molecule has 1 unspecified atom stereocenters. The Morgan fingerprint density at radius 3 is 2.26 bits per heavy atom. The van der Waals surface area contributed by atoms with Crippen LogP contribution in [0.1, 0.15) is 33.6 Å². The highest BCUT2D eigenvalue weighted by atomic mass is 16.4. The molecular formula is C12H23N3O4. The normalized spacial score (nSPS) is 12.0. The highest BCUT2D eigenvalue weighted by Crippen LogP contribution is 2.06. The quantitative estimate of drug-likeness (QED) is 0.593. The van der Waals surface area contributed by atoms with Gasteiger partial charge < -0.3 is 21.1 Å². The molecule has 0 aromatic rings. The van der Waals surface area contributed by atoms with Crippen LogP contribution in [0.4, 0.5) is 4.79 Å². The van der Waals surface area contributed by atoms with Gasteiger partial charge in [-0.3, -0.25) is 9.59 Å². The van der Waals surface area contributed by atoms with Crippen molar-refractivity contribution < 1.29 is 19.5 Å². The van der Waals surface area contributed by atoms with Gasteiger partial charge in [0, 0.05) is 12.6 Å². The molecule has 0 aliphatic heterocycles. The molecule has 110 valence electrons. The van der Waals surface area contributed by atoms with Crippen molar-refractivity contribution in [3.8, 4) is 0 Å². The van der Waals surface area contributed by atoms with Crippen LogP contribution in [0.25, 0.3) is 0 Å². The first kappa shape index (κ1) is 17.2. The SMILES string of the molecule is CCCC(CNC(=O)N(CC(N)=O)C(C)C)C(=O)O. The van der Waals surface area contributed by atoms with Crippen LogP contribution in [0.5, 0.6) is 0 Å². The Bertz CT molecular complexity index is 331. The minimum atomic E-state index is -0.937. The molecule has 0 radical (unpaired) electrons. The van der Waals surface area contributed by atoms with Gasteiger partial charge in [0.15, 0.2) is 0 Å². The molecule has 0 saturated heterocycles. The number of nitrogens with one attached hydrogen (secondary N) is 1. The van der Waals surface area contributed by atoms with Crippen LogP contribution < -0.4 is 11.1 Å². The summed E-state index contributed by atoms with van der Waals surface area (Å²) in [5.74, 6) is -2.16. The number of primary amides is 1. The molecule has 0 bridgehead atoms. The van der Waals surface area contributed by atoms with E-state index >= 15 is 0 Å². The molecule has 0 aromatic heterocycles. The summed E-state index contributed by atoms with van der Waals surface area (Å²) in [4.78, 5) is 35.0. The first-order chi connectivity index (χ1) is 8.79. The standard InChI is InChI=1S/C12H23N3O4/c1-4-5-9(11(17)18)6-14-12(19)15(8(2)3)7-10(13)16/h8-9H,4-7H2,1-3H3,(H2,13,16)(H,14,19)(H,17,18). The topological polar surface area (TPSA) is 113 Å². The number of carboxylic acid groups (broad SMARTS) is 1. The molecule has 0 saturated carbocycles. The third-order valence-electron chi connectivity index (χ3n) is 2.70. The number of nitrogens with zero attached hydrogens (tertiary/aromatic N) is 1. The Hall–Kier alpha value is -1.79. The molecule has 0 aromatic carbocycles. The van der Waals surface area contributed by atoms with E-state index in [0.717, 1.165) is 6.42 Å². The van der Waals surface area contributed by atoms with Crippen molar-refractivity contribution in [1.29, 1.82) is 0 Å². The van der Waals surface area contributed by atoms with Crippen LogP contribution in [-0.2, 0) is 9.59 Å². The lowest BCUT2D eigenvalue weighted by Crippen LogP contribution is -2.49. The monoisotopic (exact) mass is 273 g/mol. The van der Waals surface area contributed by atoms with Crippen LogP contribution in [0.15, 0.2) is 0 Å². The van der Waals surface area contributed by atoms with Crippen LogP contribution >= 0.6 is 0 Å². The fourth-order valence-electron chi connectivity index (χ4n) is 1.63. The number of amides is 3. The number of rotatable bonds is 8. The molecule has 7 heteroatoms. The summed E-state index contributed by atoms with van der Waals surface area (Å²) in [6.45, 7) is 5.25. The maximum absolute atomic E-state index is 11.9. The summed E-state index contributed by atoms with van der Waals surface area (Å²) in [6, 6.07) is -0.668. The second-order valence-electron chi connectivity index (χ2n) is 4.70. The van der Waals surface area contributed by atoms with E-state index in [0.29, 0.717) is 6.42 Å². The molecule has 19 heavy (non-hydrogen) atoms. The number of hydrogen-bond acceptors (Lipinski definition) is 3. The van der Waals surface area contributed by atoms with Crippen LogP contribution in [0.3, 0.4) is 0 Å². The van der Waals surface area contributed by atoms with Gasteiger partial charge in [-0.1, -0.05) is 13.3 Å². The first-order valence-electron chi connectivity index (χ1n) is 6.35. The van der Waals surface area contributed by atoms with Gasteiger partial charge in [0.1, 0.15) is 6.54 Å². The van der Waals surface area contributed by atoms with E-state index in [1.807, 2.05) is 6.92 Å². The largest absolute Gasteiger partial charge is 0.481 e. The lowest BCUT2D eigenvalue weighted by molar-refractivity contribution is -0.141. The average molecular weight is 273 g/mol. The number of carboxylic acids is 1. The molecule has 3 amide bonds. The molecule has 0 heterocycles. The van der Waals surface area contributed by atoms with Gasteiger partial charge in [-0.15, -0.1) is 0 Å². The predicted molar refractivity (Wildman–Crippen MR) is 70.5 cm³/mol. The first-order valence-corrected chi connectivity index (χ1v) is 6.35. The van der Waals surface area contributed by atoms with E-state index in [1.165, 1.54) is 4.90 Å². The van der Waals surface area contributed by atoms with Crippen molar-refractivity contribution in [3.05, 3.63) is 0 Å². The highest BCUT2D eigenvalue weighted by Gasteiger charge is 2.22. The average Bonchev–Trinajstić information content (AvgIpc) is 2.30. The maximum Gasteiger partial charge on any atom is 0.318 e. The molecule has 0 rings (SSSR count). The van der Waals surface area contributed by atoms with Crippen molar-refractivity contribution in [2.45, 2.75) is 39.7 Å². The minimum Gasteiger partial charge on any atom is -0.481 e. The smallest absolute Gasteiger partial charge is 0.318 e. The summed E-state index contributed by atoms with van der Waals surface area (Å²) < 4.78 is 0. The highest BCUT2D eigenvalue weighted by molar-refractivity contribution is 5.83. The fourth-order valence-corrected chi connectivity index (χ4v) is 1.63. The van der Waals surface area contributed by atoms with Gasteiger partial charge >= 0.3 is 12.0 Å². The van der Waals surface area contributed by atoms with E-state index in [1.54, 1.807) is 13.8 Å². The molecule has 0 spiro atoms. The van der Waals surface area contributed by atoms with E-state index in [-0.39, 0.29) is 19.1 Å². The molecule has 0 fully saturated rings. The van der Waals surface area contributed by atoms with E-state index in [4.69, 9.17) is 10.8 Å². The van der Waals surface area contributed by atoms with Gasteiger partial charge in [-0.05, 0) is 20.3 Å². The minimum absolute atomic E-state index is 0.0456.